The molecule has 112 valence electrons. The van der Waals surface area contributed by atoms with Crippen LogP contribution in [0.2, 0.25) is 0 Å². The number of hydrazine groups is 1. The van der Waals surface area contributed by atoms with Crippen LogP contribution in [0.4, 0.5) is 0 Å². The Labute approximate surface area is 120 Å². The van der Waals surface area contributed by atoms with Crippen LogP contribution in [0.15, 0.2) is 6.20 Å². The molecule has 1 aromatic rings. The molecule has 2 unspecified atom stereocenters. The standard InChI is InChI=1S/C15H26N4O/c1-3-13-12(10-19(2)18-13)14(17-16)11-5-8-20-15(9-11)6-4-7-15/h10-11,14,17H,3-9,16H2,1-2H3. The maximum absolute atomic E-state index is 6.03. The first-order valence-electron chi connectivity index (χ1n) is 7.80. The van der Waals surface area contributed by atoms with Gasteiger partial charge in [0.2, 0.25) is 0 Å². The van der Waals surface area contributed by atoms with Crippen LogP contribution in [0.3, 0.4) is 0 Å². The molecule has 20 heavy (non-hydrogen) atoms. The van der Waals surface area contributed by atoms with E-state index in [-0.39, 0.29) is 11.6 Å². The molecule has 1 aromatic heterocycles. The van der Waals surface area contributed by atoms with Gasteiger partial charge in [0.25, 0.3) is 0 Å². The third kappa shape index (κ3) is 2.38. The van der Waals surface area contributed by atoms with E-state index < -0.39 is 0 Å². The zero-order valence-corrected chi connectivity index (χ0v) is 12.6. The van der Waals surface area contributed by atoms with E-state index >= 15 is 0 Å². The molecule has 5 nitrogen and oxygen atoms in total. The maximum Gasteiger partial charge on any atom is 0.0686 e. The van der Waals surface area contributed by atoms with Crippen molar-refractivity contribution >= 4 is 0 Å². The van der Waals surface area contributed by atoms with Crippen molar-refractivity contribution in [3.8, 4) is 0 Å². The van der Waals surface area contributed by atoms with Crippen LogP contribution in [-0.2, 0) is 18.2 Å². The van der Waals surface area contributed by atoms with Crippen molar-refractivity contribution < 1.29 is 4.74 Å². The first-order valence-corrected chi connectivity index (χ1v) is 7.80. The van der Waals surface area contributed by atoms with Gasteiger partial charge in [0.05, 0.1) is 17.3 Å². The second-order valence-corrected chi connectivity index (χ2v) is 6.34. The van der Waals surface area contributed by atoms with E-state index in [0.717, 1.165) is 31.6 Å². The van der Waals surface area contributed by atoms with Gasteiger partial charge in [0.15, 0.2) is 0 Å². The van der Waals surface area contributed by atoms with Crippen LogP contribution in [0.25, 0.3) is 0 Å². The van der Waals surface area contributed by atoms with Gasteiger partial charge in [-0.25, -0.2) is 0 Å². The molecule has 0 aromatic carbocycles. The lowest BCUT2D eigenvalue weighted by Crippen LogP contribution is -2.48. The minimum absolute atomic E-state index is 0.159. The Morgan fingerprint density at radius 3 is 3.00 bits per heavy atom. The average molecular weight is 278 g/mol. The van der Waals surface area contributed by atoms with Gasteiger partial charge in [0, 0.05) is 25.4 Å². The van der Waals surface area contributed by atoms with E-state index in [9.17, 15) is 0 Å². The zero-order valence-electron chi connectivity index (χ0n) is 12.6. The molecule has 2 fully saturated rings. The Morgan fingerprint density at radius 2 is 2.40 bits per heavy atom. The molecule has 3 N–H and O–H groups in total. The molecular weight excluding hydrogens is 252 g/mol. The Bertz CT molecular complexity index is 466. The summed E-state index contributed by atoms with van der Waals surface area (Å²) in [6, 6.07) is 0.194. The molecule has 1 aliphatic heterocycles. The molecule has 0 bridgehead atoms. The summed E-state index contributed by atoms with van der Waals surface area (Å²) >= 11 is 0. The van der Waals surface area contributed by atoms with Crippen molar-refractivity contribution in [2.45, 2.75) is 57.1 Å². The number of rotatable bonds is 4. The lowest BCUT2D eigenvalue weighted by molar-refractivity contribution is -0.147. The van der Waals surface area contributed by atoms with Gasteiger partial charge in [-0.05, 0) is 44.4 Å². The van der Waals surface area contributed by atoms with Crippen LogP contribution >= 0.6 is 0 Å². The predicted molar refractivity (Wildman–Crippen MR) is 77.9 cm³/mol. The summed E-state index contributed by atoms with van der Waals surface area (Å²) in [6.45, 7) is 3.02. The second-order valence-electron chi connectivity index (χ2n) is 6.34. The Hall–Kier alpha value is -0.910. The van der Waals surface area contributed by atoms with Gasteiger partial charge < -0.3 is 4.74 Å². The van der Waals surface area contributed by atoms with E-state index in [4.69, 9.17) is 10.6 Å². The largest absolute Gasteiger partial charge is 0.375 e. The third-order valence-corrected chi connectivity index (χ3v) is 5.05. The van der Waals surface area contributed by atoms with Gasteiger partial charge in [-0.3, -0.25) is 16.0 Å². The quantitative estimate of drug-likeness (QED) is 0.651. The maximum atomic E-state index is 6.03. The number of nitrogens with zero attached hydrogens (tertiary/aromatic N) is 2. The number of aromatic nitrogens is 2. The van der Waals surface area contributed by atoms with Gasteiger partial charge in [0.1, 0.15) is 0 Å². The van der Waals surface area contributed by atoms with Crippen molar-refractivity contribution in [1.82, 2.24) is 15.2 Å². The Balaban J connectivity index is 1.81. The highest BCUT2D eigenvalue weighted by molar-refractivity contribution is 5.23. The number of nitrogens with two attached hydrogens (primary N) is 1. The fourth-order valence-corrected chi connectivity index (χ4v) is 3.84. The molecular formula is C15H26N4O. The van der Waals surface area contributed by atoms with Gasteiger partial charge in [-0.1, -0.05) is 6.92 Å². The summed E-state index contributed by atoms with van der Waals surface area (Å²) in [5.41, 5.74) is 5.63. The van der Waals surface area contributed by atoms with Crippen molar-refractivity contribution in [3.63, 3.8) is 0 Å². The molecule has 2 atom stereocenters. The van der Waals surface area contributed by atoms with Crippen molar-refractivity contribution in [2.24, 2.45) is 18.8 Å². The number of ether oxygens (including phenoxy) is 1. The van der Waals surface area contributed by atoms with Crippen LogP contribution in [0.1, 0.15) is 56.3 Å². The fraction of sp³-hybridized carbons (Fsp3) is 0.800. The van der Waals surface area contributed by atoms with E-state index in [2.05, 4.69) is 23.6 Å². The van der Waals surface area contributed by atoms with Crippen molar-refractivity contribution in [3.05, 3.63) is 17.5 Å². The molecule has 3 rings (SSSR count). The highest BCUT2D eigenvalue weighted by Gasteiger charge is 2.44. The molecule has 1 aliphatic carbocycles. The number of aryl methyl sites for hydroxylation is 2. The summed E-state index contributed by atoms with van der Waals surface area (Å²) in [6.07, 6.45) is 9.01. The smallest absolute Gasteiger partial charge is 0.0686 e. The highest BCUT2D eigenvalue weighted by Crippen LogP contribution is 2.47. The van der Waals surface area contributed by atoms with E-state index in [1.165, 1.54) is 24.8 Å². The summed E-state index contributed by atoms with van der Waals surface area (Å²) < 4.78 is 7.93. The monoisotopic (exact) mass is 278 g/mol. The molecule has 2 aliphatic rings. The van der Waals surface area contributed by atoms with Crippen LogP contribution < -0.4 is 11.3 Å². The molecule has 1 spiro atoms. The molecule has 2 heterocycles. The van der Waals surface area contributed by atoms with Gasteiger partial charge in [-0.2, -0.15) is 5.10 Å². The Morgan fingerprint density at radius 1 is 1.60 bits per heavy atom. The minimum Gasteiger partial charge on any atom is -0.375 e. The summed E-state index contributed by atoms with van der Waals surface area (Å²) in [4.78, 5) is 0. The summed E-state index contributed by atoms with van der Waals surface area (Å²) in [5.74, 6) is 6.43. The van der Waals surface area contributed by atoms with Gasteiger partial charge >= 0.3 is 0 Å². The second kappa shape index (κ2) is 5.47. The van der Waals surface area contributed by atoms with Crippen LogP contribution in [-0.4, -0.2) is 22.0 Å². The lowest BCUT2D eigenvalue weighted by Gasteiger charge is -2.48. The number of nitrogens with one attached hydrogen (secondary N) is 1. The molecule has 1 saturated carbocycles. The van der Waals surface area contributed by atoms with E-state index in [0.29, 0.717) is 5.92 Å². The zero-order chi connectivity index (χ0) is 14.2. The lowest BCUT2D eigenvalue weighted by atomic mass is 9.69. The minimum atomic E-state index is 0.159. The fourth-order valence-electron chi connectivity index (χ4n) is 3.84. The number of hydrogen-bond donors (Lipinski definition) is 2. The summed E-state index contributed by atoms with van der Waals surface area (Å²) in [5, 5.41) is 4.55. The van der Waals surface area contributed by atoms with Crippen molar-refractivity contribution in [2.75, 3.05) is 6.61 Å². The van der Waals surface area contributed by atoms with Crippen LogP contribution in [0.5, 0.6) is 0 Å². The normalized spacial score (nSPS) is 26.4. The average Bonchev–Trinajstić information content (AvgIpc) is 2.79. The molecule has 1 saturated heterocycles. The van der Waals surface area contributed by atoms with Crippen molar-refractivity contribution in [1.29, 1.82) is 0 Å². The first-order chi connectivity index (χ1) is 9.67. The predicted octanol–water partition coefficient (Wildman–Crippen LogP) is 1.84. The van der Waals surface area contributed by atoms with Crippen LogP contribution in [0, 0.1) is 5.92 Å². The summed E-state index contributed by atoms with van der Waals surface area (Å²) in [7, 11) is 1.98. The molecule has 0 radical (unpaired) electrons. The first kappa shape index (κ1) is 14.0. The topological polar surface area (TPSA) is 65.1 Å². The SMILES string of the molecule is CCc1nn(C)cc1C(NN)C1CCOC2(CCC2)C1. The molecule has 0 amide bonds. The molecule has 5 heteroatoms. The third-order valence-electron chi connectivity index (χ3n) is 5.05. The Kier molecular flexibility index (Phi) is 3.84. The number of hydrogen-bond acceptors (Lipinski definition) is 4. The van der Waals surface area contributed by atoms with E-state index in [1.807, 2.05) is 11.7 Å². The van der Waals surface area contributed by atoms with Gasteiger partial charge in [-0.15, -0.1) is 0 Å². The van der Waals surface area contributed by atoms with E-state index in [1.54, 1.807) is 0 Å². The highest BCUT2D eigenvalue weighted by atomic mass is 16.5.